The molecule has 8 heteroatoms. The zero-order chi connectivity index (χ0) is 20.4. The Bertz CT molecular complexity index is 976. The minimum absolute atomic E-state index is 0.0315. The predicted octanol–water partition coefficient (Wildman–Crippen LogP) is 2.68. The summed E-state index contributed by atoms with van der Waals surface area (Å²) in [5.41, 5.74) is 2.29. The minimum Gasteiger partial charge on any atom is -0.507 e. The van der Waals surface area contributed by atoms with Crippen LogP contribution in [0.4, 0.5) is 14.9 Å². The number of nitrogens with zero attached hydrogens (tertiary/aromatic N) is 1. The summed E-state index contributed by atoms with van der Waals surface area (Å²) in [5.74, 6) is -1.50. The van der Waals surface area contributed by atoms with Crippen molar-refractivity contribution in [2.45, 2.75) is 13.8 Å². The number of hydrogen-bond donors (Lipinski definition) is 3. The van der Waals surface area contributed by atoms with Gasteiger partial charge in [-0.1, -0.05) is 0 Å². The van der Waals surface area contributed by atoms with E-state index in [1.54, 1.807) is 26.0 Å². The molecule has 1 aliphatic rings. The number of carbonyl (C=O) groups excluding carboxylic acids is 3. The molecule has 144 valence electrons. The third kappa shape index (κ3) is 4.01. The highest BCUT2D eigenvalue weighted by Gasteiger charge is 2.34. The molecule has 0 bridgehead atoms. The predicted molar refractivity (Wildman–Crippen MR) is 101 cm³/mol. The minimum atomic E-state index is -0.710. The summed E-state index contributed by atoms with van der Waals surface area (Å²) in [6, 6.07) is 7.77. The highest BCUT2D eigenvalue weighted by atomic mass is 19.1. The van der Waals surface area contributed by atoms with Crippen molar-refractivity contribution in [2.24, 2.45) is 0 Å². The Morgan fingerprint density at radius 3 is 2.39 bits per heavy atom. The second-order valence-electron chi connectivity index (χ2n) is 6.44. The first kappa shape index (κ1) is 19.1. The third-order valence-corrected chi connectivity index (χ3v) is 4.22. The average Bonchev–Trinajstić information content (AvgIpc) is 2.89. The van der Waals surface area contributed by atoms with Gasteiger partial charge in [-0.15, -0.1) is 0 Å². The van der Waals surface area contributed by atoms with Crippen LogP contribution in [0.15, 0.2) is 42.1 Å². The van der Waals surface area contributed by atoms with E-state index in [0.717, 1.165) is 4.90 Å². The SMILES string of the molecule is Cc1cc(C=C2NC(=O)N(CC(=O)Nc3ccc(F)cc3)C2=O)cc(C)c1O. The second kappa shape index (κ2) is 7.51. The van der Waals surface area contributed by atoms with Gasteiger partial charge in [0.15, 0.2) is 0 Å². The van der Waals surface area contributed by atoms with Crippen LogP contribution < -0.4 is 10.6 Å². The van der Waals surface area contributed by atoms with Crippen molar-refractivity contribution in [1.82, 2.24) is 10.2 Å². The van der Waals surface area contributed by atoms with Crippen LogP contribution in [0.1, 0.15) is 16.7 Å². The third-order valence-electron chi connectivity index (χ3n) is 4.22. The van der Waals surface area contributed by atoms with Crippen LogP contribution in [0.2, 0.25) is 0 Å². The Morgan fingerprint density at radius 2 is 1.79 bits per heavy atom. The van der Waals surface area contributed by atoms with Gasteiger partial charge in [-0.2, -0.15) is 0 Å². The summed E-state index contributed by atoms with van der Waals surface area (Å²) in [5, 5.41) is 14.8. The normalized spacial score (nSPS) is 15.1. The van der Waals surface area contributed by atoms with E-state index in [1.165, 1.54) is 30.3 Å². The molecule has 3 rings (SSSR count). The van der Waals surface area contributed by atoms with Gasteiger partial charge in [0.25, 0.3) is 5.91 Å². The Balaban J connectivity index is 1.72. The molecule has 0 unspecified atom stereocenters. The summed E-state index contributed by atoms with van der Waals surface area (Å²) in [6.45, 7) is 2.98. The molecule has 1 aliphatic heterocycles. The van der Waals surface area contributed by atoms with Crippen LogP contribution in [-0.2, 0) is 9.59 Å². The molecule has 0 saturated carbocycles. The molecular formula is C20H18FN3O4. The van der Waals surface area contributed by atoms with Gasteiger partial charge < -0.3 is 15.7 Å². The van der Waals surface area contributed by atoms with Crippen molar-refractivity contribution in [3.05, 3.63) is 64.6 Å². The fourth-order valence-electron chi connectivity index (χ4n) is 2.83. The van der Waals surface area contributed by atoms with Gasteiger partial charge in [-0.25, -0.2) is 14.1 Å². The lowest BCUT2D eigenvalue weighted by Gasteiger charge is -2.12. The smallest absolute Gasteiger partial charge is 0.329 e. The molecule has 0 aromatic heterocycles. The number of phenolic OH excluding ortho intramolecular Hbond substituents is 1. The van der Waals surface area contributed by atoms with Gasteiger partial charge in [0.2, 0.25) is 5.91 Å². The van der Waals surface area contributed by atoms with Gasteiger partial charge in [0, 0.05) is 5.69 Å². The van der Waals surface area contributed by atoms with Crippen molar-refractivity contribution in [1.29, 1.82) is 0 Å². The maximum Gasteiger partial charge on any atom is 0.329 e. The molecule has 0 atom stereocenters. The maximum atomic E-state index is 12.9. The van der Waals surface area contributed by atoms with Crippen LogP contribution in [0.3, 0.4) is 0 Å². The number of carbonyl (C=O) groups is 3. The van der Waals surface area contributed by atoms with Gasteiger partial charge in [-0.05, 0) is 73.0 Å². The lowest BCUT2D eigenvalue weighted by Crippen LogP contribution is -2.38. The molecule has 0 spiro atoms. The number of hydrogen-bond acceptors (Lipinski definition) is 4. The summed E-state index contributed by atoms with van der Waals surface area (Å²) >= 11 is 0. The van der Waals surface area contributed by atoms with E-state index < -0.39 is 30.2 Å². The molecular weight excluding hydrogens is 365 g/mol. The molecule has 7 nitrogen and oxygen atoms in total. The van der Waals surface area contributed by atoms with Crippen molar-refractivity contribution < 1.29 is 23.9 Å². The first-order valence-electron chi connectivity index (χ1n) is 8.45. The lowest BCUT2D eigenvalue weighted by molar-refractivity contribution is -0.127. The zero-order valence-electron chi connectivity index (χ0n) is 15.2. The van der Waals surface area contributed by atoms with E-state index in [-0.39, 0.29) is 11.4 Å². The summed E-state index contributed by atoms with van der Waals surface area (Å²) in [6.07, 6.45) is 1.48. The Kier molecular flexibility index (Phi) is 5.12. The van der Waals surface area contributed by atoms with Gasteiger partial charge >= 0.3 is 6.03 Å². The fraction of sp³-hybridized carbons (Fsp3) is 0.150. The number of phenols is 1. The Labute approximate surface area is 160 Å². The zero-order valence-corrected chi connectivity index (χ0v) is 15.2. The number of nitrogens with one attached hydrogen (secondary N) is 2. The number of urea groups is 1. The summed E-state index contributed by atoms with van der Waals surface area (Å²) < 4.78 is 12.9. The van der Waals surface area contributed by atoms with Crippen LogP contribution in [-0.4, -0.2) is 34.4 Å². The number of anilines is 1. The first-order valence-corrected chi connectivity index (χ1v) is 8.45. The number of imide groups is 1. The topological polar surface area (TPSA) is 98.7 Å². The van der Waals surface area contributed by atoms with Gasteiger partial charge in [0.05, 0.1) is 0 Å². The highest BCUT2D eigenvalue weighted by molar-refractivity contribution is 6.15. The van der Waals surface area contributed by atoms with Crippen LogP contribution in [0, 0.1) is 19.7 Å². The molecule has 0 aliphatic carbocycles. The quantitative estimate of drug-likeness (QED) is 0.558. The molecule has 28 heavy (non-hydrogen) atoms. The fourth-order valence-corrected chi connectivity index (χ4v) is 2.83. The highest BCUT2D eigenvalue weighted by Crippen LogP contribution is 2.24. The molecule has 0 radical (unpaired) electrons. The van der Waals surface area contributed by atoms with Crippen LogP contribution >= 0.6 is 0 Å². The second-order valence-corrected chi connectivity index (χ2v) is 6.44. The Morgan fingerprint density at radius 1 is 1.18 bits per heavy atom. The standard InChI is InChI=1S/C20H18FN3O4/c1-11-7-13(8-12(2)18(11)26)9-16-19(27)24(20(28)23-16)10-17(25)22-15-5-3-14(21)4-6-15/h3-9,26H,10H2,1-2H3,(H,22,25)(H,23,28). The molecule has 1 saturated heterocycles. The number of rotatable bonds is 4. The monoisotopic (exact) mass is 383 g/mol. The van der Waals surface area contributed by atoms with Crippen molar-refractivity contribution in [2.75, 3.05) is 11.9 Å². The molecule has 1 fully saturated rings. The number of halogens is 1. The molecule has 4 amide bonds. The van der Waals surface area contributed by atoms with E-state index in [9.17, 15) is 23.9 Å². The average molecular weight is 383 g/mol. The van der Waals surface area contributed by atoms with Crippen molar-refractivity contribution in [3.63, 3.8) is 0 Å². The van der Waals surface area contributed by atoms with E-state index in [0.29, 0.717) is 22.4 Å². The molecule has 1 heterocycles. The van der Waals surface area contributed by atoms with Gasteiger partial charge in [-0.3, -0.25) is 9.59 Å². The number of aromatic hydroxyl groups is 1. The van der Waals surface area contributed by atoms with Crippen LogP contribution in [0.5, 0.6) is 5.75 Å². The van der Waals surface area contributed by atoms with Crippen LogP contribution in [0.25, 0.3) is 6.08 Å². The first-order chi connectivity index (χ1) is 13.2. The maximum absolute atomic E-state index is 12.9. The summed E-state index contributed by atoms with van der Waals surface area (Å²) in [7, 11) is 0. The van der Waals surface area contributed by atoms with E-state index in [4.69, 9.17) is 0 Å². The van der Waals surface area contributed by atoms with E-state index >= 15 is 0 Å². The largest absolute Gasteiger partial charge is 0.507 e. The van der Waals surface area contributed by atoms with Crippen molar-refractivity contribution in [3.8, 4) is 5.75 Å². The molecule has 2 aromatic carbocycles. The van der Waals surface area contributed by atoms with Gasteiger partial charge in [0.1, 0.15) is 23.8 Å². The number of benzene rings is 2. The van der Waals surface area contributed by atoms with E-state index in [2.05, 4.69) is 10.6 Å². The molecule has 2 aromatic rings. The number of aryl methyl sites for hydroxylation is 2. The number of amides is 4. The molecule has 3 N–H and O–H groups in total. The van der Waals surface area contributed by atoms with E-state index in [1.807, 2.05) is 0 Å². The van der Waals surface area contributed by atoms with Crippen molar-refractivity contribution >= 4 is 29.6 Å². The lowest BCUT2D eigenvalue weighted by atomic mass is 10.0. The Hall–Kier alpha value is -3.68. The summed E-state index contributed by atoms with van der Waals surface area (Å²) in [4.78, 5) is 37.5.